The number of rotatable bonds is 2. The van der Waals surface area contributed by atoms with Crippen LogP contribution in [-0.4, -0.2) is 30.0 Å². The smallest absolute Gasteiger partial charge is 0.325 e. The Balaban J connectivity index is 0.00000176. The van der Waals surface area contributed by atoms with Crippen molar-refractivity contribution in [3.63, 3.8) is 0 Å². The van der Waals surface area contributed by atoms with Gasteiger partial charge in [0.05, 0.1) is 6.54 Å². The van der Waals surface area contributed by atoms with E-state index in [1.54, 1.807) is 30.1 Å². The summed E-state index contributed by atoms with van der Waals surface area (Å²) in [4.78, 5) is 19.7. The third-order valence-electron chi connectivity index (χ3n) is 3.83. The molecule has 1 aliphatic heterocycles. The average molecular weight is 319 g/mol. The van der Waals surface area contributed by atoms with Gasteiger partial charge in [0, 0.05) is 32.4 Å². The Bertz CT molecular complexity index is 704. The molecule has 0 radical (unpaired) electrons. The summed E-state index contributed by atoms with van der Waals surface area (Å²) in [5.41, 5.74) is 10.1. The van der Waals surface area contributed by atoms with Gasteiger partial charge in [-0.1, -0.05) is 18.2 Å². The van der Waals surface area contributed by atoms with E-state index < -0.39 is 0 Å². The van der Waals surface area contributed by atoms with Gasteiger partial charge in [-0.2, -0.15) is 0 Å². The predicted molar refractivity (Wildman–Crippen MR) is 90.1 cm³/mol. The molecule has 0 bridgehead atoms. The van der Waals surface area contributed by atoms with Gasteiger partial charge in [-0.05, 0) is 28.8 Å². The lowest BCUT2D eigenvalue weighted by molar-refractivity contribution is 0.212. The van der Waals surface area contributed by atoms with Crippen molar-refractivity contribution in [1.82, 2.24) is 9.88 Å². The summed E-state index contributed by atoms with van der Waals surface area (Å²) in [6, 6.07) is 10.1. The first-order chi connectivity index (χ1) is 10.1. The average Bonchev–Trinajstić information content (AvgIpc) is 2.52. The predicted octanol–water partition coefficient (Wildman–Crippen LogP) is 2.63. The van der Waals surface area contributed by atoms with Gasteiger partial charge in [-0.15, -0.1) is 12.4 Å². The third kappa shape index (κ3) is 2.65. The minimum atomic E-state index is -0.0390. The van der Waals surface area contributed by atoms with Gasteiger partial charge in [0.15, 0.2) is 0 Å². The van der Waals surface area contributed by atoms with Crippen molar-refractivity contribution >= 4 is 24.3 Å². The van der Waals surface area contributed by atoms with Gasteiger partial charge < -0.3 is 10.6 Å². The Kier molecular flexibility index (Phi) is 4.68. The molecule has 0 aliphatic carbocycles. The van der Waals surface area contributed by atoms with Crippen molar-refractivity contribution in [3.8, 4) is 11.1 Å². The number of carbonyl (C=O) groups excluding carboxylic acids is 1. The number of hydrogen-bond donors (Lipinski definition) is 1. The first-order valence-corrected chi connectivity index (χ1v) is 6.88. The first kappa shape index (κ1) is 16.3. The van der Waals surface area contributed by atoms with E-state index in [4.69, 9.17) is 5.73 Å². The SMILES string of the molecule is CN1Cc2c(-c3cccc(CN)c3)ccnc2N(C)C1=O.Cl. The molecule has 1 aromatic heterocycles. The highest BCUT2D eigenvalue weighted by Gasteiger charge is 2.28. The van der Waals surface area contributed by atoms with Crippen molar-refractivity contribution < 1.29 is 4.79 Å². The zero-order valence-corrected chi connectivity index (χ0v) is 13.4. The van der Waals surface area contributed by atoms with Gasteiger partial charge in [-0.25, -0.2) is 9.78 Å². The molecule has 0 spiro atoms. The number of urea groups is 1. The first-order valence-electron chi connectivity index (χ1n) is 6.88. The van der Waals surface area contributed by atoms with E-state index >= 15 is 0 Å². The summed E-state index contributed by atoms with van der Waals surface area (Å²) in [6.45, 7) is 1.08. The van der Waals surface area contributed by atoms with Crippen molar-refractivity contribution in [2.24, 2.45) is 5.73 Å². The molecule has 22 heavy (non-hydrogen) atoms. The number of amides is 2. The zero-order valence-electron chi connectivity index (χ0n) is 12.6. The highest BCUT2D eigenvalue weighted by molar-refractivity contribution is 5.94. The molecule has 2 amide bonds. The van der Waals surface area contributed by atoms with Gasteiger partial charge in [0.25, 0.3) is 0 Å². The van der Waals surface area contributed by atoms with Crippen LogP contribution in [-0.2, 0) is 13.1 Å². The molecule has 2 aromatic rings. The number of fused-ring (bicyclic) bond motifs is 1. The number of aromatic nitrogens is 1. The zero-order chi connectivity index (χ0) is 15.0. The van der Waals surface area contributed by atoms with Gasteiger partial charge >= 0.3 is 6.03 Å². The minimum absolute atomic E-state index is 0. The fourth-order valence-corrected chi connectivity index (χ4v) is 2.71. The van der Waals surface area contributed by atoms with Crippen LogP contribution < -0.4 is 10.6 Å². The summed E-state index contributed by atoms with van der Waals surface area (Å²) in [6.07, 6.45) is 1.75. The lowest BCUT2D eigenvalue weighted by Crippen LogP contribution is -2.43. The molecule has 116 valence electrons. The number of benzene rings is 1. The number of nitrogens with zero attached hydrogens (tertiary/aromatic N) is 3. The quantitative estimate of drug-likeness (QED) is 0.926. The van der Waals surface area contributed by atoms with E-state index in [1.807, 2.05) is 18.2 Å². The maximum absolute atomic E-state index is 12.0. The summed E-state index contributed by atoms with van der Waals surface area (Å²) >= 11 is 0. The molecule has 1 aromatic carbocycles. The fraction of sp³-hybridized carbons (Fsp3) is 0.250. The highest BCUT2D eigenvalue weighted by atomic mass is 35.5. The molecule has 0 unspecified atom stereocenters. The minimum Gasteiger partial charge on any atom is -0.326 e. The van der Waals surface area contributed by atoms with E-state index in [0.717, 1.165) is 28.1 Å². The molecule has 6 heteroatoms. The molecule has 3 rings (SSSR count). The molecule has 1 aliphatic rings. The second-order valence-corrected chi connectivity index (χ2v) is 5.26. The van der Waals surface area contributed by atoms with Gasteiger partial charge in [0.2, 0.25) is 0 Å². The van der Waals surface area contributed by atoms with E-state index in [1.165, 1.54) is 0 Å². The summed E-state index contributed by atoms with van der Waals surface area (Å²) in [7, 11) is 3.55. The van der Waals surface area contributed by atoms with Crippen LogP contribution in [0.2, 0.25) is 0 Å². The fourth-order valence-electron chi connectivity index (χ4n) is 2.71. The largest absolute Gasteiger partial charge is 0.326 e. The molecule has 2 N–H and O–H groups in total. The van der Waals surface area contributed by atoms with Crippen molar-refractivity contribution in [2.45, 2.75) is 13.1 Å². The molecule has 0 fully saturated rings. The molecular weight excluding hydrogens is 300 g/mol. The molecular formula is C16H19ClN4O. The second kappa shape index (κ2) is 6.34. The summed E-state index contributed by atoms with van der Waals surface area (Å²) in [5.74, 6) is 0.730. The van der Waals surface area contributed by atoms with Crippen LogP contribution in [0.25, 0.3) is 11.1 Å². The van der Waals surface area contributed by atoms with Crippen molar-refractivity contribution in [3.05, 3.63) is 47.7 Å². The Labute approximate surface area is 136 Å². The highest BCUT2D eigenvalue weighted by Crippen LogP contribution is 2.33. The lowest BCUT2D eigenvalue weighted by Gasteiger charge is -2.32. The van der Waals surface area contributed by atoms with Gasteiger partial charge in [0.1, 0.15) is 5.82 Å². The van der Waals surface area contributed by atoms with E-state index in [9.17, 15) is 4.79 Å². The number of nitrogens with two attached hydrogens (primary N) is 1. The molecule has 2 heterocycles. The topological polar surface area (TPSA) is 62.5 Å². The van der Waals surface area contributed by atoms with Crippen LogP contribution in [0.4, 0.5) is 10.6 Å². The lowest BCUT2D eigenvalue weighted by atomic mass is 9.97. The standard InChI is InChI=1S/C16H18N4O.ClH/c1-19-10-14-13(12-5-3-4-11(8-12)9-17)6-7-18-15(14)20(2)16(19)21;/h3-8H,9-10,17H2,1-2H3;1H. The number of pyridine rings is 1. The van der Waals surface area contributed by atoms with Gasteiger partial charge in [-0.3, -0.25) is 4.90 Å². The molecule has 0 atom stereocenters. The van der Waals surface area contributed by atoms with Crippen LogP contribution in [0.15, 0.2) is 36.5 Å². The Morgan fingerprint density at radius 3 is 2.77 bits per heavy atom. The monoisotopic (exact) mass is 318 g/mol. The third-order valence-corrected chi connectivity index (χ3v) is 3.83. The Morgan fingerprint density at radius 1 is 1.27 bits per heavy atom. The maximum Gasteiger partial charge on any atom is 0.325 e. The van der Waals surface area contributed by atoms with Crippen molar-refractivity contribution in [1.29, 1.82) is 0 Å². The molecule has 0 saturated carbocycles. The van der Waals surface area contributed by atoms with Crippen LogP contribution in [0.3, 0.4) is 0 Å². The molecule has 0 saturated heterocycles. The van der Waals surface area contributed by atoms with Crippen LogP contribution in [0, 0.1) is 0 Å². The number of halogens is 1. The molecule has 5 nitrogen and oxygen atoms in total. The van der Waals surface area contributed by atoms with Crippen molar-refractivity contribution in [2.75, 3.05) is 19.0 Å². The Hall–Kier alpha value is -2.11. The number of anilines is 1. The van der Waals surface area contributed by atoms with E-state index in [-0.39, 0.29) is 18.4 Å². The van der Waals surface area contributed by atoms with Crippen LogP contribution in [0.1, 0.15) is 11.1 Å². The van der Waals surface area contributed by atoms with E-state index in [0.29, 0.717) is 13.1 Å². The second-order valence-electron chi connectivity index (χ2n) is 5.26. The van der Waals surface area contributed by atoms with Crippen LogP contribution >= 0.6 is 12.4 Å². The van der Waals surface area contributed by atoms with Crippen LogP contribution in [0.5, 0.6) is 0 Å². The number of carbonyl (C=O) groups is 1. The summed E-state index contributed by atoms with van der Waals surface area (Å²) in [5, 5.41) is 0. The normalized spacial score (nSPS) is 13.7. The summed E-state index contributed by atoms with van der Waals surface area (Å²) < 4.78 is 0. The maximum atomic E-state index is 12.0. The Morgan fingerprint density at radius 2 is 2.05 bits per heavy atom. The van der Waals surface area contributed by atoms with E-state index in [2.05, 4.69) is 17.1 Å². The number of hydrogen-bond acceptors (Lipinski definition) is 3.